The first-order chi connectivity index (χ1) is 19.2. The Bertz CT molecular complexity index is 1790. The lowest BCUT2D eigenvalue weighted by Gasteiger charge is -2.16. The molecule has 1 N–H and O–H groups in total. The van der Waals surface area contributed by atoms with E-state index < -0.39 is 20.9 Å². The maximum atomic E-state index is 13.3. The number of ether oxygens (including phenoxy) is 3. The minimum atomic E-state index is -4.30. The van der Waals surface area contributed by atoms with Crippen LogP contribution in [0.15, 0.2) is 59.8 Å². The predicted molar refractivity (Wildman–Crippen MR) is 144 cm³/mol. The van der Waals surface area contributed by atoms with Gasteiger partial charge in [0.2, 0.25) is 5.88 Å². The molecule has 0 aliphatic heterocycles. The summed E-state index contributed by atoms with van der Waals surface area (Å²) >= 11 is 6.34. The van der Waals surface area contributed by atoms with Crippen LogP contribution in [0.1, 0.15) is 6.92 Å². The first-order valence-electron chi connectivity index (χ1n) is 11.7. The van der Waals surface area contributed by atoms with Crippen molar-refractivity contribution >= 4 is 38.7 Å². The van der Waals surface area contributed by atoms with Gasteiger partial charge in [0, 0.05) is 6.07 Å². The summed E-state index contributed by atoms with van der Waals surface area (Å²) in [5, 5.41) is -0.721. The molecule has 15 heteroatoms. The smallest absolute Gasteiger partial charge is 0.280 e. The van der Waals surface area contributed by atoms with Crippen molar-refractivity contribution in [1.82, 2.24) is 29.5 Å². The summed E-state index contributed by atoms with van der Waals surface area (Å²) in [6.45, 7) is 2.24. The molecule has 0 bridgehead atoms. The predicted octanol–water partition coefficient (Wildman–Crippen LogP) is 4.28. The van der Waals surface area contributed by atoms with E-state index in [-0.39, 0.29) is 28.1 Å². The van der Waals surface area contributed by atoms with Crippen molar-refractivity contribution in [3.05, 3.63) is 65.7 Å². The highest BCUT2D eigenvalue weighted by Gasteiger charge is 2.26. The molecule has 0 spiro atoms. The van der Waals surface area contributed by atoms with E-state index in [1.165, 1.54) is 14.2 Å². The topological polar surface area (TPSA) is 143 Å². The van der Waals surface area contributed by atoms with Crippen molar-refractivity contribution in [1.29, 1.82) is 0 Å². The van der Waals surface area contributed by atoms with Crippen LogP contribution >= 0.6 is 11.6 Å². The summed E-state index contributed by atoms with van der Waals surface area (Å²) < 4.78 is 59.9. The van der Waals surface area contributed by atoms with Crippen LogP contribution in [0, 0.1) is 5.82 Å². The Kier molecular flexibility index (Phi) is 7.36. The fourth-order valence-corrected chi connectivity index (χ4v) is 5.01. The molecule has 12 nitrogen and oxygen atoms in total. The van der Waals surface area contributed by atoms with E-state index in [9.17, 15) is 12.8 Å². The lowest BCUT2D eigenvalue weighted by Crippen LogP contribution is -2.16. The Morgan fingerprint density at radius 1 is 0.975 bits per heavy atom. The first kappa shape index (κ1) is 27.0. The van der Waals surface area contributed by atoms with Gasteiger partial charge in [0.05, 0.1) is 27.0 Å². The fourth-order valence-electron chi connectivity index (χ4n) is 3.84. The van der Waals surface area contributed by atoms with Crippen LogP contribution in [0.2, 0.25) is 5.15 Å². The second-order valence-electron chi connectivity index (χ2n) is 8.01. The average Bonchev–Trinajstić information content (AvgIpc) is 3.30. The third-order valence-corrected chi connectivity index (χ3v) is 7.05. The quantitative estimate of drug-likeness (QED) is 0.266. The molecule has 4 aromatic heterocycles. The van der Waals surface area contributed by atoms with Crippen LogP contribution in [0.25, 0.3) is 28.5 Å². The van der Waals surface area contributed by atoms with Gasteiger partial charge in [0.15, 0.2) is 33.1 Å². The lowest BCUT2D eigenvalue weighted by molar-refractivity contribution is 0.327. The SMILES string of the molecule is CCOc1cccc(-c2nc3nc(Cl)c(NS(=O)(=O)c4ccc(F)cn4)nc3n2-c2c(OC)cccc2OC)n1. The molecule has 1 aromatic carbocycles. The van der Waals surface area contributed by atoms with Gasteiger partial charge in [-0.3, -0.25) is 9.29 Å². The van der Waals surface area contributed by atoms with Gasteiger partial charge >= 0.3 is 0 Å². The molecule has 40 heavy (non-hydrogen) atoms. The van der Waals surface area contributed by atoms with Gasteiger partial charge in [-0.2, -0.15) is 8.42 Å². The average molecular weight is 586 g/mol. The van der Waals surface area contributed by atoms with E-state index in [4.69, 9.17) is 25.8 Å². The van der Waals surface area contributed by atoms with Crippen molar-refractivity contribution < 1.29 is 27.0 Å². The summed E-state index contributed by atoms with van der Waals surface area (Å²) in [6, 6.07) is 12.3. The summed E-state index contributed by atoms with van der Waals surface area (Å²) in [5.41, 5.74) is 0.988. The van der Waals surface area contributed by atoms with E-state index in [0.717, 1.165) is 18.3 Å². The van der Waals surface area contributed by atoms with Crippen molar-refractivity contribution in [3.8, 4) is 34.6 Å². The number of hydrogen-bond acceptors (Lipinski definition) is 10. The maximum absolute atomic E-state index is 13.3. The second kappa shape index (κ2) is 10.9. The van der Waals surface area contributed by atoms with Crippen LogP contribution in [0.3, 0.4) is 0 Å². The Morgan fingerprint density at radius 3 is 2.35 bits per heavy atom. The number of hydrogen-bond donors (Lipinski definition) is 1. The number of benzene rings is 1. The first-order valence-corrected chi connectivity index (χ1v) is 13.5. The lowest BCUT2D eigenvalue weighted by atomic mass is 10.2. The summed E-state index contributed by atoms with van der Waals surface area (Å²) in [7, 11) is -1.33. The molecule has 0 saturated carbocycles. The molecule has 4 heterocycles. The van der Waals surface area contributed by atoms with Gasteiger partial charge in [-0.25, -0.2) is 29.3 Å². The zero-order chi connectivity index (χ0) is 28.4. The zero-order valence-electron chi connectivity index (χ0n) is 21.3. The molecule has 0 fully saturated rings. The van der Waals surface area contributed by atoms with Gasteiger partial charge < -0.3 is 14.2 Å². The number of anilines is 1. The third kappa shape index (κ3) is 5.05. The third-order valence-electron chi connectivity index (χ3n) is 5.53. The Balaban J connectivity index is 1.77. The minimum absolute atomic E-state index is 0.0828. The van der Waals surface area contributed by atoms with Crippen molar-refractivity contribution in [3.63, 3.8) is 0 Å². The number of methoxy groups -OCH3 is 2. The van der Waals surface area contributed by atoms with Crippen LogP contribution in [-0.4, -0.2) is 58.7 Å². The molecule has 0 saturated heterocycles. The van der Waals surface area contributed by atoms with E-state index in [1.54, 1.807) is 41.0 Å². The molecule has 206 valence electrons. The maximum Gasteiger partial charge on any atom is 0.280 e. The molecule has 0 atom stereocenters. The van der Waals surface area contributed by atoms with Gasteiger partial charge in [-0.1, -0.05) is 23.7 Å². The number of halogens is 2. The number of rotatable bonds is 9. The van der Waals surface area contributed by atoms with E-state index in [1.807, 2.05) is 6.92 Å². The molecular weight excluding hydrogens is 565 g/mol. The van der Waals surface area contributed by atoms with Crippen molar-refractivity contribution in [2.75, 3.05) is 25.5 Å². The molecule has 5 aromatic rings. The molecule has 0 aliphatic rings. The Hall–Kier alpha value is -4.56. The van der Waals surface area contributed by atoms with E-state index in [2.05, 4.69) is 29.6 Å². The molecule has 5 rings (SSSR count). The van der Waals surface area contributed by atoms with Crippen LogP contribution < -0.4 is 18.9 Å². The standard InChI is InChI=1S/C25H21ClFN7O5S/c1-4-39-18-10-5-7-15(29-18)24-32-23-25(34(24)20-16(37-2)8-6-9-17(20)38-3)31-22(21(26)30-23)33-40(35,36)19-12-11-14(27)13-28-19/h5-13H,4H2,1-3H3,(H,31,33). The van der Waals surface area contributed by atoms with Crippen LogP contribution in [-0.2, 0) is 10.0 Å². The number of aromatic nitrogens is 6. The fraction of sp³-hybridized carbons (Fsp3) is 0.160. The second-order valence-corrected chi connectivity index (χ2v) is 9.99. The summed E-state index contributed by atoms with van der Waals surface area (Å²) in [5.74, 6) is 0.436. The highest BCUT2D eigenvalue weighted by Crippen LogP contribution is 2.38. The molecule has 0 radical (unpaired) electrons. The van der Waals surface area contributed by atoms with Crippen molar-refractivity contribution in [2.45, 2.75) is 11.9 Å². The number of nitrogens with zero attached hydrogens (tertiary/aromatic N) is 6. The Morgan fingerprint density at radius 2 is 1.70 bits per heavy atom. The van der Waals surface area contributed by atoms with Crippen LogP contribution in [0.4, 0.5) is 10.2 Å². The number of sulfonamides is 1. The van der Waals surface area contributed by atoms with Gasteiger partial charge in [-0.15, -0.1) is 0 Å². The number of imidazole rings is 1. The molecule has 0 amide bonds. The van der Waals surface area contributed by atoms with Crippen LogP contribution in [0.5, 0.6) is 17.4 Å². The zero-order valence-corrected chi connectivity index (χ0v) is 22.9. The summed E-state index contributed by atoms with van der Waals surface area (Å²) in [6.07, 6.45) is 0.781. The van der Waals surface area contributed by atoms with Gasteiger partial charge in [-0.05, 0) is 37.3 Å². The summed E-state index contributed by atoms with van der Waals surface area (Å²) in [4.78, 5) is 21.6. The normalized spacial score (nSPS) is 11.4. The highest BCUT2D eigenvalue weighted by atomic mass is 35.5. The molecular formula is C25H21ClFN7O5S. The van der Waals surface area contributed by atoms with Gasteiger partial charge in [0.25, 0.3) is 10.0 Å². The van der Waals surface area contributed by atoms with E-state index >= 15 is 0 Å². The van der Waals surface area contributed by atoms with Crippen molar-refractivity contribution in [2.24, 2.45) is 0 Å². The van der Waals surface area contributed by atoms with E-state index in [0.29, 0.717) is 35.4 Å². The molecule has 0 unspecified atom stereocenters. The molecule has 0 aliphatic carbocycles. The Labute approximate surface area is 232 Å². The number of para-hydroxylation sites is 1. The highest BCUT2D eigenvalue weighted by molar-refractivity contribution is 7.92. The number of pyridine rings is 2. The monoisotopic (exact) mass is 585 g/mol. The minimum Gasteiger partial charge on any atom is -0.494 e. The van der Waals surface area contributed by atoms with Gasteiger partial charge in [0.1, 0.15) is 28.7 Å². The largest absolute Gasteiger partial charge is 0.494 e. The number of nitrogens with one attached hydrogen (secondary N) is 1. The number of fused-ring (bicyclic) bond motifs is 1.